The van der Waals surface area contributed by atoms with Gasteiger partial charge in [-0.3, -0.25) is 87.2 Å². The van der Waals surface area contributed by atoms with Gasteiger partial charge >= 0.3 is 17.9 Å². The molecule has 1 unspecified atom stereocenters. The van der Waals surface area contributed by atoms with E-state index in [1.54, 1.807) is 45.0 Å². The molecule has 36 heteroatoms. The van der Waals surface area contributed by atoms with Crippen LogP contribution in [-0.2, 0) is 86.0 Å². The lowest BCUT2D eigenvalue weighted by Gasteiger charge is -2.35. The standard InChI is InChI=1S/C70H107N15O18S3/c1-3-4-6-15-58(89)75-53-44-106-42-49-33-47(40-104-31-20-73-59(90)36-80-23-25-81(37-60(91)92)27-29-83(39-62(95)96)30-28-82(26-24-80)38-61(93)94)32-48(34-49)41-105-43-52(64(97)74-19-18-57(72)88)78-66(99)51(35-46-11-7-5-8-12-46)77-65(98)50(16-17-56(71)87)76-68(101)63(45(2)86)79-67(100)54-13-9-21-84(54)70(103)55-14-10-22-85(55)69(53)102/h5,7-8,11-12,32-34,45,50-55,63,68,76,86,101H,3-4,6,9-10,13-31,35-44H2,1-2H3,(H2,71,87)(H2,72,88)(H,73,90)(H,74,97)(H,75,89)(H,77,98)(H,78,99)(H,79,100)(H,91,92)(H,93,94)(H,95,96)/t45-,50+,51+,52+,53+,54+,55+,63+,68?/m1/s1. The van der Waals surface area contributed by atoms with Crippen molar-refractivity contribution >= 4 is 112 Å². The summed E-state index contributed by atoms with van der Waals surface area (Å²) in [4.78, 5) is 184. The van der Waals surface area contributed by atoms with Crippen molar-refractivity contribution in [2.75, 3.05) is 122 Å². The van der Waals surface area contributed by atoms with E-state index in [1.807, 2.05) is 30.0 Å². The highest BCUT2D eigenvalue weighted by Gasteiger charge is 2.45. The van der Waals surface area contributed by atoms with Gasteiger partial charge in [0.05, 0.1) is 44.4 Å². The number of hydrogen-bond acceptors (Lipinski definition) is 23. The highest BCUT2D eigenvalue weighted by molar-refractivity contribution is 7.99. The maximum absolute atomic E-state index is 15.0. The molecule has 4 aliphatic heterocycles. The van der Waals surface area contributed by atoms with Crippen molar-refractivity contribution in [1.82, 2.24) is 66.6 Å². The van der Waals surface area contributed by atoms with Crippen LogP contribution in [0.15, 0.2) is 48.5 Å². The molecular weight excluding hydrogens is 1440 g/mol. The summed E-state index contributed by atoms with van der Waals surface area (Å²) in [6.45, 7) is 4.53. The number of aliphatic carboxylic acids is 3. The molecule has 588 valence electrons. The van der Waals surface area contributed by atoms with Gasteiger partial charge in [0.1, 0.15) is 36.4 Å². The first-order valence-electron chi connectivity index (χ1n) is 36.1. The minimum Gasteiger partial charge on any atom is -0.480 e. The van der Waals surface area contributed by atoms with Crippen molar-refractivity contribution < 1.29 is 87.9 Å². The first-order chi connectivity index (χ1) is 50.7. The Labute approximate surface area is 630 Å². The minimum absolute atomic E-state index is 0.0589. The van der Waals surface area contributed by atoms with Crippen molar-refractivity contribution in [1.29, 1.82) is 0 Å². The number of nitrogens with one attached hydrogen (secondary N) is 7. The number of fused-ring (bicyclic) bond motifs is 4. The molecular formula is C70H107N15O18S3. The molecule has 6 rings (SSSR count). The Hall–Kier alpha value is -7.68. The van der Waals surface area contributed by atoms with Gasteiger partial charge in [-0.15, -0.1) is 0 Å². The number of hydrogen-bond donors (Lipinski definition) is 14. The predicted molar refractivity (Wildman–Crippen MR) is 398 cm³/mol. The van der Waals surface area contributed by atoms with Crippen LogP contribution >= 0.6 is 35.3 Å². The molecule has 2 bridgehead atoms. The van der Waals surface area contributed by atoms with E-state index in [2.05, 4.69) is 37.2 Å². The minimum atomic E-state index is -1.91. The summed E-state index contributed by atoms with van der Waals surface area (Å²) in [6.07, 6.45) is -0.814. The number of thioether (sulfide) groups is 3. The molecule has 0 radical (unpaired) electrons. The fourth-order valence-electron chi connectivity index (χ4n) is 13.0. The second-order valence-corrected chi connectivity index (χ2v) is 30.3. The van der Waals surface area contributed by atoms with Crippen LogP contribution in [0.2, 0.25) is 0 Å². The summed E-state index contributed by atoms with van der Waals surface area (Å²) in [5.74, 6) is -8.01. The molecule has 16 N–H and O–H groups in total. The zero-order chi connectivity index (χ0) is 77.2. The molecule has 4 heterocycles. The molecule has 0 aromatic heterocycles. The summed E-state index contributed by atoms with van der Waals surface area (Å²) in [6, 6.07) is 5.62. The summed E-state index contributed by atoms with van der Waals surface area (Å²) in [5, 5.41) is 71.4. The van der Waals surface area contributed by atoms with Crippen molar-refractivity contribution in [3.8, 4) is 0 Å². The number of aliphatic hydroxyl groups excluding tert-OH is 2. The molecule has 4 aliphatic rings. The molecule has 0 aliphatic carbocycles. The van der Waals surface area contributed by atoms with Gasteiger partial charge < -0.3 is 78.7 Å². The molecule has 10 amide bonds. The van der Waals surface area contributed by atoms with Crippen LogP contribution in [0.25, 0.3) is 0 Å². The van der Waals surface area contributed by atoms with E-state index < -0.39 is 126 Å². The Balaban J connectivity index is 1.30. The number of primary amides is 2. The number of carboxylic acid groups (broad SMARTS) is 3. The highest BCUT2D eigenvalue weighted by Crippen LogP contribution is 2.29. The van der Waals surface area contributed by atoms with E-state index in [1.165, 1.54) is 52.0 Å². The van der Waals surface area contributed by atoms with Crippen LogP contribution in [0, 0.1) is 0 Å². The van der Waals surface area contributed by atoms with Gasteiger partial charge in [0, 0.05) is 139 Å². The molecule has 3 saturated heterocycles. The monoisotopic (exact) mass is 1540 g/mol. The van der Waals surface area contributed by atoms with E-state index in [9.17, 15) is 87.9 Å². The van der Waals surface area contributed by atoms with Crippen molar-refractivity contribution in [2.45, 2.75) is 163 Å². The third-order valence-electron chi connectivity index (χ3n) is 18.5. The third-order valence-corrected chi connectivity index (χ3v) is 21.7. The van der Waals surface area contributed by atoms with Gasteiger partial charge in [0.2, 0.25) is 59.1 Å². The number of aliphatic hydroxyl groups is 2. The number of nitrogens with two attached hydrogens (primary N) is 2. The average Bonchev–Trinajstić information content (AvgIpc) is 1.64. The number of rotatable bonds is 28. The van der Waals surface area contributed by atoms with Crippen LogP contribution in [0.3, 0.4) is 0 Å². The fraction of sp³-hybridized carbons (Fsp3) is 0.643. The maximum atomic E-state index is 15.0. The van der Waals surface area contributed by atoms with E-state index >= 15 is 0 Å². The number of nitrogens with zero attached hydrogens (tertiary/aromatic N) is 6. The van der Waals surface area contributed by atoms with Crippen molar-refractivity contribution in [3.05, 3.63) is 70.8 Å². The summed E-state index contributed by atoms with van der Waals surface area (Å²) in [5.41, 5.74) is 14.1. The molecule has 2 aromatic rings. The third kappa shape index (κ3) is 30.9. The molecule has 33 nitrogen and oxygen atoms in total. The first kappa shape index (κ1) is 87.2. The predicted octanol–water partition coefficient (Wildman–Crippen LogP) is -2.35. The van der Waals surface area contributed by atoms with Gasteiger partial charge in [-0.25, -0.2) is 0 Å². The summed E-state index contributed by atoms with van der Waals surface area (Å²) >= 11 is 4.18. The van der Waals surface area contributed by atoms with Crippen LogP contribution in [0.1, 0.15) is 107 Å². The van der Waals surface area contributed by atoms with Gasteiger partial charge in [-0.2, -0.15) is 35.3 Å². The summed E-state index contributed by atoms with van der Waals surface area (Å²) in [7, 11) is 0. The number of carboxylic acids is 3. The Morgan fingerprint density at radius 2 is 1.15 bits per heavy atom. The first-order valence-corrected chi connectivity index (χ1v) is 39.6. The second kappa shape index (κ2) is 45.9. The Bertz CT molecular complexity index is 3260. The van der Waals surface area contributed by atoms with Crippen LogP contribution < -0.4 is 48.7 Å². The fourth-order valence-corrected chi connectivity index (χ4v) is 15.7. The second-order valence-electron chi connectivity index (χ2n) is 27.1. The van der Waals surface area contributed by atoms with E-state index in [0.29, 0.717) is 42.1 Å². The topological polar surface area (TPSA) is 479 Å². The summed E-state index contributed by atoms with van der Waals surface area (Å²) < 4.78 is 0. The largest absolute Gasteiger partial charge is 0.480 e. The molecule has 0 saturated carbocycles. The zero-order valence-corrected chi connectivity index (χ0v) is 62.9. The number of benzene rings is 2. The lowest BCUT2D eigenvalue weighted by atomic mass is 10.0. The smallest absolute Gasteiger partial charge is 0.317 e. The van der Waals surface area contributed by atoms with Crippen LogP contribution in [0.4, 0.5) is 0 Å². The van der Waals surface area contributed by atoms with Gasteiger partial charge in [0.25, 0.3) is 0 Å². The zero-order valence-electron chi connectivity index (χ0n) is 60.5. The van der Waals surface area contributed by atoms with Gasteiger partial charge in [-0.05, 0) is 67.7 Å². The number of unbranched alkanes of at least 4 members (excludes halogenated alkanes) is 2. The van der Waals surface area contributed by atoms with Gasteiger partial charge in [0.15, 0.2) is 0 Å². The van der Waals surface area contributed by atoms with Crippen molar-refractivity contribution in [3.63, 3.8) is 0 Å². The van der Waals surface area contributed by atoms with Gasteiger partial charge in [-0.1, -0.05) is 68.3 Å². The lowest BCUT2D eigenvalue weighted by molar-refractivity contribution is -0.148. The Morgan fingerprint density at radius 3 is 1.71 bits per heavy atom. The molecule has 2 aromatic carbocycles. The normalized spacial score (nSPS) is 23.5. The molecule has 106 heavy (non-hydrogen) atoms. The van der Waals surface area contributed by atoms with Crippen molar-refractivity contribution in [2.24, 2.45) is 11.5 Å². The maximum Gasteiger partial charge on any atom is 0.317 e. The number of carbonyl (C=O) groups is 13. The van der Waals surface area contributed by atoms with E-state index in [4.69, 9.17) is 11.5 Å². The Kier molecular flexibility index (Phi) is 37.7. The SMILES string of the molecule is CCCCCC(=O)N[C@H]1CSCc2cc(CSCCNC(=O)CN3CCN(CC(=O)O)CCN(CC(=O)O)CCN(CC(=O)O)CC3)cc(c2)CSC[C@@H](C(=O)NCCC(N)=O)NC(=O)[C@H](Cc2ccccc2)NC(=O)[C@H](CCC(N)=O)NC(O)[C@H]([C@@H](C)O)NC(=O)[C@@H]2CCCN2C(=O)[C@@H]2CCCN2C1=O. The highest BCUT2D eigenvalue weighted by atomic mass is 32.2. The van der Waals surface area contributed by atoms with E-state index in [-0.39, 0.29) is 172 Å². The van der Waals surface area contributed by atoms with E-state index in [0.717, 1.165) is 29.5 Å². The van der Waals surface area contributed by atoms with Crippen LogP contribution in [-0.4, -0.2) is 309 Å². The van der Waals surface area contributed by atoms with Crippen LogP contribution in [0.5, 0.6) is 0 Å². The molecule has 9 atom stereocenters. The number of amides is 10. The Morgan fingerprint density at radius 1 is 0.604 bits per heavy atom. The molecule has 0 spiro atoms. The average molecular weight is 1540 g/mol. The lowest BCUT2D eigenvalue weighted by Crippen LogP contribution is -2.63. The quantitative estimate of drug-likeness (QED) is 0.0397. The molecule has 3 fully saturated rings. The number of carbonyl (C=O) groups excluding carboxylic acids is 10.